The normalized spacial score (nSPS) is 17.3. The molecule has 1 aliphatic rings. The van der Waals surface area contributed by atoms with Crippen LogP contribution in [0.2, 0.25) is 0 Å². The fraction of sp³-hybridized carbons (Fsp3) is 0.353. The van der Waals surface area contributed by atoms with Crippen LogP contribution >= 0.6 is 12.6 Å². The van der Waals surface area contributed by atoms with Crippen molar-refractivity contribution in [2.45, 2.75) is 25.3 Å². The summed E-state index contributed by atoms with van der Waals surface area (Å²) in [6, 6.07) is 8.60. The molecule has 0 aliphatic carbocycles. The molecule has 2 rings (SSSR count). The molecule has 6 heteroatoms. The number of nitrogens with zero attached hydrogens (tertiary/aromatic N) is 2. The lowest BCUT2D eigenvalue weighted by atomic mass is 10.1. The zero-order valence-corrected chi connectivity index (χ0v) is 13.7. The maximum atomic E-state index is 12.5. The first kappa shape index (κ1) is 17.3. The van der Waals surface area contributed by atoms with Gasteiger partial charge in [0.25, 0.3) is 0 Å². The van der Waals surface area contributed by atoms with Gasteiger partial charge in [-0.15, -0.1) is 0 Å². The first-order valence-corrected chi connectivity index (χ1v) is 8.17. The summed E-state index contributed by atoms with van der Waals surface area (Å²) in [7, 11) is 0. The number of carboxylic acids is 1. The van der Waals surface area contributed by atoms with Gasteiger partial charge < -0.3 is 5.11 Å². The highest BCUT2D eigenvalue weighted by Crippen LogP contribution is 2.12. The number of carbonyl (C=O) groups excluding carboxylic acids is 1. The van der Waals surface area contributed by atoms with Crippen molar-refractivity contribution < 1.29 is 14.7 Å². The molecule has 0 spiro atoms. The molecule has 1 heterocycles. The Labute approximate surface area is 141 Å². The third kappa shape index (κ3) is 4.96. The third-order valence-corrected chi connectivity index (χ3v) is 3.80. The zero-order chi connectivity index (χ0) is 16.7. The lowest BCUT2D eigenvalue weighted by Crippen LogP contribution is -2.40. The van der Waals surface area contributed by atoms with Crippen LogP contribution < -0.4 is 0 Å². The molecule has 122 valence electrons. The quantitative estimate of drug-likeness (QED) is 0.785. The number of thiol groups is 1. The standard InChI is InChI=1S/C17H20N2O3S/c20-16(12-13-6-2-1-3-7-13)19-10-5-4-8-15(19)18-14(9-11-23)17(21)22/h1-4,6-8,14,23H,5,9-12H2,(H,21,22)/t14-/m0/s1. The van der Waals surface area contributed by atoms with Crippen LogP contribution in [0, 0.1) is 0 Å². The van der Waals surface area contributed by atoms with Crippen LogP contribution in [-0.4, -0.2) is 46.1 Å². The SMILES string of the molecule is O=C(O)[C@H](CCS)N=C1C=CCCN1C(=O)Cc1ccccc1. The topological polar surface area (TPSA) is 70.0 Å². The van der Waals surface area contributed by atoms with Gasteiger partial charge in [-0.3, -0.25) is 14.7 Å². The zero-order valence-electron chi connectivity index (χ0n) is 12.8. The highest BCUT2D eigenvalue weighted by Gasteiger charge is 2.23. The second-order valence-electron chi connectivity index (χ2n) is 5.25. The van der Waals surface area contributed by atoms with E-state index in [1.54, 1.807) is 11.0 Å². The van der Waals surface area contributed by atoms with Crippen LogP contribution in [-0.2, 0) is 16.0 Å². The van der Waals surface area contributed by atoms with Gasteiger partial charge in [0.1, 0.15) is 5.84 Å². The van der Waals surface area contributed by atoms with Gasteiger partial charge >= 0.3 is 5.97 Å². The first-order valence-electron chi connectivity index (χ1n) is 7.54. The summed E-state index contributed by atoms with van der Waals surface area (Å²) in [5, 5.41) is 9.23. The molecule has 1 N–H and O–H groups in total. The summed E-state index contributed by atoms with van der Waals surface area (Å²) < 4.78 is 0. The molecule has 0 saturated heterocycles. The Morgan fingerprint density at radius 1 is 1.30 bits per heavy atom. The predicted molar refractivity (Wildman–Crippen MR) is 92.9 cm³/mol. The summed E-state index contributed by atoms with van der Waals surface area (Å²) in [4.78, 5) is 29.6. The number of hydrogen-bond donors (Lipinski definition) is 2. The molecular weight excluding hydrogens is 312 g/mol. The minimum Gasteiger partial charge on any atom is -0.480 e. The number of benzene rings is 1. The average Bonchev–Trinajstić information content (AvgIpc) is 2.55. The van der Waals surface area contributed by atoms with Crippen molar-refractivity contribution in [1.82, 2.24) is 4.90 Å². The minimum atomic E-state index is -0.999. The van der Waals surface area contributed by atoms with Crippen LogP contribution in [0.4, 0.5) is 0 Å². The van der Waals surface area contributed by atoms with Crippen molar-refractivity contribution in [3.05, 3.63) is 48.0 Å². The monoisotopic (exact) mass is 332 g/mol. The number of rotatable bonds is 6. The highest BCUT2D eigenvalue weighted by molar-refractivity contribution is 7.80. The fourth-order valence-electron chi connectivity index (χ4n) is 2.35. The number of carboxylic acid groups (broad SMARTS) is 1. The minimum absolute atomic E-state index is 0.0747. The molecule has 0 radical (unpaired) electrons. The van der Waals surface area contributed by atoms with Gasteiger partial charge in [-0.1, -0.05) is 36.4 Å². The Bertz CT molecular complexity index is 614. The first-order chi connectivity index (χ1) is 11.1. The van der Waals surface area contributed by atoms with E-state index < -0.39 is 12.0 Å². The number of aliphatic carboxylic acids is 1. The predicted octanol–water partition coefficient (Wildman–Crippen LogP) is 2.19. The maximum Gasteiger partial charge on any atom is 0.328 e. The second-order valence-corrected chi connectivity index (χ2v) is 5.70. The molecule has 1 amide bonds. The largest absolute Gasteiger partial charge is 0.480 e. The van der Waals surface area contributed by atoms with Crippen LogP contribution in [0.25, 0.3) is 0 Å². The van der Waals surface area contributed by atoms with Crippen LogP contribution in [0.15, 0.2) is 47.5 Å². The summed E-state index contributed by atoms with van der Waals surface area (Å²) in [6.07, 6.45) is 4.98. The Morgan fingerprint density at radius 2 is 2.04 bits per heavy atom. The average molecular weight is 332 g/mol. The van der Waals surface area contributed by atoms with Crippen molar-refractivity contribution in [1.29, 1.82) is 0 Å². The molecule has 0 unspecified atom stereocenters. The number of hydrogen-bond acceptors (Lipinski definition) is 4. The lowest BCUT2D eigenvalue weighted by molar-refractivity contribution is -0.138. The van der Waals surface area contributed by atoms with Gasteiger partial charge in [0.2, 0.25) is 5.91 Å². The maximum absolute atomic E-state index is 12.5. The molecular formula is C17H20N2O3S. The molecule has 0 fully saturated rings. The number of amides is 1. The highest BCUT2D eigenvalue weighted by atomic mass is 32.1. The summed E-state index contributed by atoms with van der Waals surface area (Å²) >= 11 is 4.07. The number of aliphatic imine (C=N–C) groups is 1. The fourth-order valence-corrected chi connectivity index (χ4v) is 2.60. The van der Waals surface area contributed by atoms with Crippen molar-refractivity contribution in [2.24, 2.45) is 4.99 Å². The van der Waals surface area contributed by atoms with Gasteiger partial charge in [-0.2, -0.15) is 12.6 Å². The molecule has 5 nitrogen and oxygen atoms in total. The van der Waals surface area contributed by atoms with E-state index in [9.17, 15) is 14.7 Å². The van der Waals surface area contributed by atoms with Gasteiger partial charge in [-0.25, -0.2) is 4.79 Å². The molecule has 23 heavy (non-hydrogen) atoms. The van der Waals surface area contributed by atoms with E-state index in [0.29, 0.717) is 24.6 Å². The molecule has 1 atom stereocenters. The Kier molecular flexibility index (Phi) is 6.40. The second kappa shape index (κ2) is 8.53. The van der Waals surface area contributed by atoms with Crippen molar-refractivity contribution in [3.8, 4) is 0 Å². The third-order valence-electron chi connectivity index (χ3n) is 3.54. The lowest BCUT2D eigenvalue weighted by Gasteiger charge is -2.26. The van der Waals surface area contributed by atoms with Crippen LogP contribution in [0.3, 0.4) is 0 Å². The van der Waals surface area contributed by atoms with E-state index in [4.69, 9.17) is 0 Å². The molecule has 0 bridgehead atoms. The number of carbonyl (C=O) groups is 2. The van der Waals surface area contributed by atoms with E-state index >= 15 is 0 Å². The summed E-state index contributed by atoms with van der Waals surface area (Å²) in [5.41, 5.74) is 0.927. The molecule has 0 saturated carbocycles. The van der Waals surface area contributed by atoms with E-state index in [-0.39, 0.29) is 12.3 Å². The molecule has 1 aliphatic heterocycles. The van der Waals surface area contributed by atoms with Gasteiger partial charge in [0.15, 0.2) is 6.04 Å². The van der Waals surface area contributed by atoms with Gasteiger partial charge in [0.05, 0.1) is 6.42 Å². The van der Waals surface area contributed by atoms with E-state index in [1.807, 2.05) is 36.4 Å². The van der Waals surface area contributed by atoms with Crippen LogP contribution in [0.5, 0.6) is 0 Å². The Morgan fingerprint density at radius 3 is 2.70 bits per heavy atom. The molecule has 1 aromatic carbocycles. The van der Waals surface area contributed by atoms with Gasteiger partial charge in [-0.05, 0) is 30.2 Å². The van der Waals surface area contributed by atoms with Crippen molar-refractivity contribution in [2.75, 3.05) is 12.3 Å². The summed E-state index contributed by atoms with van der Waals surface area (Å²) in [5.74, 6) is -0.225. The van der Waals surface area contributed by atoms with E-state index in [1.165, 1.54) is 0 Å². The molecule has 0 aromatic heterocycles. The smallest absolute Gasteiger partial charge is 0.328 e. The summed E-state index contributed by atoms with van der Waals surface area (Å²) in [6.45, 7) is 0.522. The van der Waals surface area contributed by atoms with E-state index in [2.05, 4.69) is 17.6 Å². The molecule has 1 aromatic rings. The van der Waals surface area contributed by atoms with Crippen molar-refractivity contribution in [3.63, 3.8) is 0 Å². The van der Waals surface area contributed by atoms with Crippen molar-refractivity contribution >= 4 is 30.3 Å². The van der Waals surface area contributed by atoms with Gasteiger partial charge in [0, 0.05) is 6.54 Å². The number of amidine groups is 1. The Hall–Kier alpha value is -2.08. The Balaban J connectivity index is 2.16. The van der Waals surface area contributed by atoms with Crippen LogP contribution in [0.1, 0.15) is 18.4 Å². The van der Waals surface area contributed by atoms with E-state index in [0.717, 1.165) is 12.0 Å².